The average molecular weight is 408 g/mol. The van der Waals surface area contributed by atoms with Gasteiger partial charge in [0.25, 0.3) is 11.8 Å². The first-order chi connectivity index (χ1) is 14.4. The van der Waals surface area contributed by atoms with Crippen LogP contribution in [0.25, 0.3) is 5.57 Å². The highest BCUT2D eigenvalue weighted by atomic mass is 16.5. The third-order valence-corrected chi connectivity index (χ3v) is 4.93. The van der Waals surface area contributed by atoms with Crippen LogP contribution in [0, 0.1) is 6.92 Å². The van der Waals surface area contributed by atoms with Crippen molar-refractivity contribution in [2.24, 2.45) is 0 Å². The number of carbonyl (C=O) groups excluding carboxylic acids is 2. The molecule has 0 unspecified atom stereocenters. The molecule has 0 bridgehead atoms. The number of nitrogens with zero attached hydrogens (tertiary/aromatic N) is 1. The molecular weight excluding hydrogens is 380 g/mol. The van der Waals surface area contributed by atoms with Crippen LogP contribution in [0.3, 0.4) is 0 Å². The summed E-state index contributed by atoms with van der Waals surface area (Å²) < 4.78 is 11.0. The number of carbonyl (C=O) groups is 2. The molecule has 0 spiro atoms. The highest BCUT2D eigenvalue weighted by molar-refractivity contribution is 6.37. The Morgan fingerprint density at radius 1 is 1.00 bits per heavy atom. The molecule has 1 aliphatic rings. The van der Waals surface area contributed by atoms with Gasteiger partial charge in [0.1, 0.15) is 11.4 Å². The van der Waals surface area contributed by atoms with Crippen LogP contribution in [0.1, 0.15) is 31.4 Å². The Labute approximate surface area is 177 Å². The van der Waals surface area contributed by atoms with Crippen molar-refractivity contribution in [3.8, 4) is 5.75 Å². The van der Waals surface area contributed by atoms with E-state index < -0.39 is 0 Å². The van der Waals surface area contributed by atoms with Crippen LogP contribution in [0.15, 0.2) is 54.2 Å². The molecule has 0 atom stereocenters. The fourth-order valence-corrected chi connectivity index (χ4v) is 3.39. The lowest BCUT2D eigenvalue weighted by Gasteiger charge is -2.16. The molecule has 2 amide bonds. The van der Waals surface area contributed by atoms with Crippen molar-refractivity contribution in [3.63, 3.8) is 0 Å². The average Bonchev–Trinajstić information content (AvgIpc) is 2.96. The summed E-state index contributed by atoms with van der Waals surface area (Å²) in [5.74, 6) is -0.124. The number of methoxy groups -OCH3 is 1. The number of nitrogens with one attached hydrogen (secondary N) is 1. The molecule has 0 radical (unpaired) electrons. The fraction of sp³-hybridized carbons (Fsp3) is 0.333. The van der Waals surface area contributed by atoms with Crippen LogP contribution in [-0.2, 0) is 14.3 Å². The maximum atomic E-state index is 13.3. The Hall–Kier alpha value is -3.12. The van der Waals surface area contributed by atoms with Crippen molar-refractivity contribution >= 4 is 23.1 Å². The Balaban J connectivity index is 1.97. The van der Waals surface area contributed by atoms with Gasteiger partial charge in [-0.15, -0.1) is 0 Å². The maximum Gasteiger partial charge on any atom is 0.278 e. The second kappa shape index (κ2) is 9.59. The van der Waals surface area contributed by atoms with E-state index in [1.54, 1.807) is 19.2 Å². The van der Waals surface area contributed by atoms with Gasteiger partial charge in [-0.25, -0.2) is 0 Å². The predicted molar refractivity (Wildman–Crippen MR) is 117 cm³/mol. The molecule has 0 saturated carbocycles. The van der Waals surface area contributed by atoms with Gasteiger partial charge in [0.15, 0.2) is 0 Å². The van der Waals surface area contributed by atoms with Gasteiger partial charge in [0, 0.05) is 24.4 Å². The minimum Gasteiger partial charge on any atom is -0.496 e. The Morgan fingerprint density at radius 2 is 1.70 bits per heavy atom. The molecule has 1 N–H and O–H groups in total. The van der Waals surface area contributed by atoms with Crippen molar-refractivity contribution in [2.45, 2.75) is 33.3 Å². The van der Waals surface area contributed by atoms with Gasteiger partial charge < -0.3 is 14.8 Å². The van der Waals surface area contributed by atoms with E-state index in [0.717, 1.165) is 11.3 Å². The van der Waals surface area contributed by atoms with E-state index in [2.05, 4.69) is 5.32 Å². The predicted octanol–water partition coefficient (Wildman–Crippen LogP) is 4.01. The van der Waals surface area contributed by atoms with Crippen LogP contribution >= 0.6 is 0 Å². The van der Waals surface area contributed by atoms with Crippen LogP contribution in [0.4, 0.5) is 5.69 Å². The van der Waals surface area contributed by atoms with Crippen molar-refractivity contribution in [2.75, 3.05) is 25.6 Å². The number of ether oxygens (including phenoxy) is 2. The zero-order chi connectivity index (χ0) is 21.7. The summed E-state index contributed by atoms with van der Waals surface area (Å²) in [6, 6.07) is 14.9. The minimum absolute atomic E-state index is 0.107. The largest absolute Gasteiger partial charge is 0.496 e. The van der Waals surface area contributed by atoms with Crippen LogP contribution in [-0.4, -0.2) is 43.1 Å². The van der Waals surface area contributed by atoms with Crippen molar-refractivity contribution in [1.82, 2.24) is 4.90 Å². The first-order valence-corrected chi connectivity index (χ1v) is 10.1. The number of amides is 2. The summed E-state index contributed by atoms with van der Waals surface area (Å²) in [6.45, 7) is 6.64. The van der Waals surface area contributed by atoms with Gasteiger partial charge in [-0.3, -0.25) is 14.5 Å². The number of aryl methyl sites for hydroxylation is 1. The molecule has 6 heteroatoms. The van der Waals surface area contributed by atoms with Crippen molar-refractivity contribution in [1.29, 1.82) is 0 Å². The van der Waals surface area contributed by atoms with Gasteiger partial charge in [-0.1, -0.05) is 36.4 Å². The van der Waals surface area contributed by atoms with Crippen LogP contribution in [0.5, 0.6) is 5.75 Å². The second-order valence-corrected chi connectivity index (χ2v) is 7.43. The Morgan fingerprint density at radius 3 is 2.40 bits per heavy atom. The van der Waals surface area contributed by atoms with E-state index in [4.69, 9.17) is 9.47 Å². The quantitative estimate of drug-likeness (QED) is 0.502. The summed E-state index contributed by atoms with van der Waals surface area (Å²) >= 11 is 0. The van der Waals surface area contributed by atoms with E-state index in [1.807, 2.05) is 57.2 Å². The number of anilines is 1. The third kappa shape index (κ3) is 4.54. The van der Waals surface area contributed by atoms with E-state index in [0.29, 0.717) is 36.5 Å². The van der Waals surface area contributed by atoms with Crippen LogP contribution in [0.2, 0.25) is 0 Å². The molecule has 3 rings (SSSR count). The lowest BCUT2D eigenvalue weighted by Crippen LogP contribution is -2.34. The normalized spacial score (nSPS) is 14.1. The molecule has 0 aromatic heterocycles. The first kappa shape index (κ1) is 21.6. The van der Waals surface area contributed by atoms with Crippen molar-refractivity contribution < 1.29 is 19.1 Å². The molecule has 158 valence electrons. The highest BCUT2D eigenvalue weighted by Crippen LogP contribution is 2.35. The molecule has 0 aliphatic carbocycles. The Bertz CT molecular complexity index is 965. The summed E-state index contributed by atoms with van der Waals surface area (Å²) in [6.07, 6.45) is 0.683. The number of imide groups is 1. The summed E-state index contributed by atoms with van der Waals surface area (Å²) in [7, 11) is 1.55. The summed E-state index contributed by atoms with van der Waals surface area (Å²) in [4.78, 5) is 27.8. The Kier molecular flexibility index (Phi) is 6.90. The van der Waals surface area contributed by atoms with E-state index in [-0.39, 0.29) is 23.6 Å². The monoisotopic (exact) mass is 408 g/mol. The standard InChI is InChI=1S/C24H28N2O4/c1-16(2)30-15-9-14-26-23(27)21(18-11-6-8-13-20(18)29-4)22(24(26)28)25-19-12-7-5-10-17(19)3/h5-8,10-13,16,25H,9,14-15H2,1-4H3. The molecular formula is C24H28N2O4. The van der Waals surface area contributed by atoms with Crippen LogP contribution < -0.4 is 10.1 Å². The molecule has 1 heterocycles. The molecule has 0 fully saturated rings. The smallest absolute Gasteiger partial charge is 0.278 e. The molecule has 30 heavy (non-hydrogen) atoms. The number of benzene rings is 2. The topological polar surface area (TPSA) is 67.9 Å². The minimum atomic E-state index is -0.339. The van der Waals surface area contributed by atoms with E-state index in [1.165, 1.54) is 4.90 Å². The maximum absolute atomic E-state index is 13.3. The van der Waals surface area contributed by atoms with Gasteiger partial charge in [-0.2, -0.15) is 0 Å². The number of rotatable bonds is 9. The summed E-state index contributed by atoms with van der Waals surface area (Å²) in [5.41, 5.74) is 2.95. The van der Waals surface area contributed by atoms with E-state index >= 15 is 0 Å². The van der Waals surface area contributed by atoms with Crippen molar-refractivity contribution in [3.05, 3.63) is 65.4 Å². The lowest BCUT2D eigenvalue weighted by molar-refractivity contribution is -0.137. The number of para-hydroxylation sites is 2. The van der Waals surface area contributed by atoms with Gasteiger partial charge in [0.05, 0.1) is 18.8 Å². The molecule has 2 aromatic rings. The van der Waals surface area contributed by atoms with Gasteiger partial charge in [-0.05, 0) is 44.9 Å². The number of hydrogen-bond acceptors (Lipinski definition) is 5. The zero-order valence-corrected chi connectivity index (χ0v) is 17.9. The van der Waals surface area contributed by atoms with Gasteiger partial charge in [0.2, 0.25) is 0 Å². The first-order valence-electron chi connectivity index (χ1n) is 10.1. The number of hydrogen-bond donors (Lipinski definition) is 1. The summed E-state index contributed by atoms with van der Waals surface area (Å²) in [5, 5.41) is 3.21. The van der Waals surface area contributed by atoms with E-state index in [9.17, 15) is 9.59 Å². The molecule has 2 aromatic carbocycles. The molecule has 0 saturated heterocycles. The second-order valence-electron chi connectivity index (χ2n) is 7.43. The SMILES string of the molecule is COc1ccccc1C1=C(Nc2ccccc2C)C(=O)N(CCCOC(C)C)C1=O. The lowest BCUT2D eigenvalue weighted by atomic mass is 10.0. The zero-order valence-electron chi connectivity index (χ0n) is 17.9. The third-order valence-electron chi connectivity index (χ3n) is 4.93. The highest BCUT2D eigenvalue weighted by Gasteiger charge is 2.40. The van der Waals surface area contributed by atoms with Gasteiger partial charge >= 0.3 is 0 Å². The molecule has 1 aliphatic heterocycles. The fourth-order valence-electron chi connectivity index (χ4n) is 3.39. The molecule has 6 nitrogen and oxygen atoms in total.